The van der Waals surface area contributed by atoms with E-state index in [0.29, 0.717) is 6.42 Å². The first-order valence-electron chi connectivity index (χ1n) is 31.2. The number of amides is 11. The summed E-state index contributed by atoms with van der Waals surface area (Å²) < 4.78 is 0. The fourth-order valence-electron chi connectivity index (χ4n) is 10.8. The van der Waals surface area contributed by atoms with E-state index in [-0.39, 0.29) is 62.2 Å². The Bertz CT molecular complexity index is 2390. The van der Waals surface area contributed by atoms with Gasteiger partial charge in [-0.25, -0.2) is 0 Å². The van der Waals surface area contributed by atoms with Gasteiger partial charge in [-0.15, -0.1) is 6.58 Å². The lowest BCUT2D eigenvalue weighted by Gasteiger charge is -2.41. The Balaban J connectivity index is 4.34. The van der Waals surface area contributed by atoms with Crippen molar-refractivity contribution >= 4 is 65.0 Å². The van der Waals surface area contributed by atoms with Crippen LogP contribution in [-0.2, 0) is 52.7 Å². The van der Waals surface area contributed by atoms with Crippen LogP contribution >= 0.6 is 0 Å². The minimum absolute atomic E-state index is 0.0147. The van der Waals surface area contributed by atoms with Gasteiger partial charge in [0.1, 0.15) is 60.4 Å². The molecule has 23 heteroatoms. The minimum atomic E-state index is -1.63. The molecule has 0 aliphatic carbocycles. The van der Waals surface area contributed by atoms with Crippen LogP contribution in [0.1, 0.15) is 156 Å². The molecule has 0 aromatic heterocycles. The largest absolute Gasteiger partial charge is 0.390 e. The molecular formula is C64H113N11O12. The lowest BCUT2D eigenvalue weighted by Crippen LogP contribution is -2.63. The van der Waals surface area contributed by atoms with Crippen molar-refractivity contribution in [2.75, 3.05) is 55.9 Å². The molecular weight excluding hydrogens is 1110 g/mol. The highest BCUT2D eigenvalue weighted by Gasteiger charge is 2.45. The number of carbonyl (C=O) groups is 11. The van der Waals surface area contributed by atoms with Crippen molar-refractivity contribution in [1.82, 2.24) is 55.6 Å². The molecule has 1 fully saturated rings. The van der Waals surface area contributed by atoms with Gasteiger partial charge in [-0.2, -0.15) is 0 Å². The summed E-state index contributed by atoms with van der Waals surface area (Å²) in [6.45, 7) is 31.2. The second-order valence-corrected chi connectivity index (χ2v) is 26.5. The Labute approximate surface area is 520 Å². The van der Waals surface area contributed by atoms with E-state index in [0.717, 1.165) is 9.80 Å². The number of hydrogen-bond donors (Lipinski definition) is 5. The quantitative estimate of drug-likeness (QED) is 0.130. The molecule has 11 amide bonds. The molecule has 1 aliphatic heterocycles. The Morgan fingerprint density at radius 1 is 0.471 bits per heavy atom. The van der Waals surface area contributed by atoms with Gasteiger partial charge in [-0.05, 0) is 100 Å². The zero-order valence-corrected chi connectivity index (χ0v) is 57.1. The molecule has 23 nitrogen and oxygen atoms in total. The van der Waals surface area contributed by atoms with Crippen LogP contribution in [0, 0.1) is 41.4 Å². The van der Waals surface area contributed by atoms with Gasteiger partial charge < -0.3 is 60.7 Å². The SMILES string of the molecule is C=CC/C=C/C[C@@H](C)[C@@H](O)C1C(=O)N[C@@H](CC)C(=O)N(C)CC(=O)N(C)[C@@H](CC(C)C)C(=O)N[C@@H](C(C)C)C(=O)N(C)[C@@H](CC(C)C)C(=O)N[C@@H](C)C(=O)N[C@H](C)C(=O)N(C)[C@@H](CC(C)C)C(=O)N(C)[C@@H](CC(C)C)C(=O)N(C)[C@@H](C(C)C)C(=O)N1C. The van der Waals surface area contributed by atoms with Gasteiger partial charge in [-0.1, -0.05) is 115 Å². The first-order chi connectivity index (χ1) is 40.2. The van der Waals surface area contributed by atoms with Crippen molar-refractivity contribution in [2.45, 2.75) is 222 Å². The first kappa shape index (κ1) is 78.6. The molecule has 1 heterocycles. The average Bonchev–Trinajstić information content (AvgIpc) is 2.78. The highest BCUT2D eigenvalue weighted by molar-refractivity contribution is 5.99. The zero-order chi connectivity index (χ0) is 67.4. The Morgan fingerprint density at radius 3 is 1.36 bits per heavy atom. The van der Waals surface area contributed by atoms with Gasteiger partial charge in [0.25, 0.3) is 0 Å². The Morgan fingerprint density at radius 2 is 0.897 bits per heavy atom. The summed E-state index contributed by atoms with van der Waals surface area (Å²) in [4.78, 5) is 169. The summed E-state index contributed by atoms with van der Waals surface area (Å²) in [6.07, 6.45) is 5.28. The summed E-state index contributed by atoms with van der Waals surface area (Å²) in [5.74, 6) is -9.82. The standard InChI is InChI=1S/C64H113N11O12/c1-25-27-28-29-30-42(15)54(77)53-58(81)67-45(26-2)60(83)69(18)35-50(76)70(19)46(31-36(3)4)57(80)68-51(40(11)12)63(86)71(20)47(32-37(5)6)56(79)65-43(16)55(78)66-44(17)59(82)72(21)48(33-38(7)8)61(84)73(22)49(34-39(9)10)62(85)74(23)52(41(13)14)64(87)75(53)24/h25,28-29,36-49,51-54,77H,1,26-27,30-35H2,2-24H3,(H,65,79)(H,66,78)(H,67,81)(H,68,80)/b29-28+/t42-,43+,44-,45+,46+,47+,48+,49+,51+,52+,53?,54-/m1/s1. The molecule has 1 aliphatic rings. The third-order valence-corrected chi connectivity index (χ3v) is 16.3. The van der Waals surface area contributed by atoms with E-state index >= 15 is 9.59 Å². The maximum absolute atomic E-state index is 15.2. The van der Waals surface area contributed by atoms with E-state index in [9.17, 15) is 48.3 Å². The second-order valence-electron chi connectivity index (χ2n) is 26.5. The highest BCUT2D eigenvalue weighted by Crippen LogP contribution is 2.26. The van der Waals surface area contributed by atoms with Gasteiger partial charge in [-0.3, -0.25) is 52.7 Å². The first-order valence-corrected chi connectivity index (χ1v) is 31.2. The number of nitrogens with one attached hydrogen (secondary N) is 4. The van der Waals surface area contributed by atoms with Crippen LogP contribution in [0.4, 0.5) is 0 Å². The van der Waals surface area contributed by atoms with Crippen LogP contribution in [0.2, 0.25) is 0 Å². The number of aliphatic hydroxyl groups is 1. The van der Waals surface area contributed by atoms with E-state index < -0.39 is 156 Å². The summed E-state index contributed by atoms with van der Waals surface area (Å²) in [6, 6.07) is -12.4. The summed E-state index contributed by atoms with van der Waals surface area (Å²) in [5.41, 5.74) is 0. The lowest BCUT2D eigenvalue weighted by molar-refractivity contribution is -0.157. The Kier molecular flexibility index (Phi) is 32.7. The third kappa shape index (κ3) is 22.6. The average molecular weight is 1230 g/mol. The van der Waals surface area contributed by atoms with Crippen LogP contribution in [0.15, 0.2) is 24.8 Å². The molecule has 0 aromatic rings. The van der Waals surface area contributed by atoms with Crippen LogP contribution < -0.4 is 21.3 Å². The van der Waals surface area contributed by atoms with E-state index in [1.807, 2.05) is 67.5 Å². The van der Waals surface area contributed by atoms with E-state index in [4.69, 9.17) is 0 Å². The molecule has 12 atom stereocenters. The third-order valence-electron chi connectivity index (χ3n) is 16.3. The van der Waals surface area contributed by atoms with Crippen LogP contribution in [0.5, 0.6) is 0 Å². The molecule has 87 heavy (non-hydrogen) atoms. The van der Waals surface area contributed by atoms with E-state index in [1.54, 1.807) is 47.6 Å². The van der Waals surface area contributed by atoms with Crippen molar-refractivity contribution in [2.24, 2.45) is 41.4 Å². The number of rotatable bonds is 17. The minimum Gasteiger partial charge on any atom is -0.390 e. The van der Waals surface area contributed by atoms with Gasteiger partial charge in [0.15, 0.2) is 0 Å². The predicted molar refractivity (Wildman–Crippen MR) is 338 cm³/mol. The van der Waals surface area contributed by atoms with Crippen LogP contribution in [0.25, 0.3) is 0 Å². The van der Waals surface area contributed by atoms with E-state index in [1.165, 1.54) is 87.7 Å². The van der Waals surface area contributed by atoms with Gasteiger partial charge in [0, 0.05) is 49.3 Å². The molecule has 0 bridgehead atoms. The number of hydrogen-bond acceptors (Lipinski definition) is 12. The smallest absolute Gasteiger partial charge is 0.246 e. The number of aliphatic hydroxyl groups excluding tert-OH is 1. The lowest BCUT2D eigenvalue weighted by atomic mass is 9.91. The molecule has 0 aromatic carbocycles. The fourth-order valence-corrected chi connectivity index (χ4v) is 10.8. The van der Waals surface area contributed by atoms with Crippen molar-refractivity contribution in [1.29, 1.82) is 0 Å². The van der Waals surface area contributed by atoms with Crippen molar-refractivity contribution < 1.29 is 57.8 Å². The predicted octanol–water partition coefficient (Wildman–Crippen LogP) is 3.83. The molecule has 0 saturated carbocycles. The topological polar surface area (TPSA) is 279 Å². The normalized spacial score (nSPS) is 26.5. The molecule has 1 saturated heterocycles. The van der Waals surface area contributed by atoms with Gasteiger partial charge in [0.05, 0.1) is 12.6 Å². The fraction of sp³-hybridized carbons (Fsp3) is 0.766. The maximum atomic E-state index is 15.2. The number of carbonyl (C=O) groups excluding carboxylic acids is 11. The van der Waals surface area contributed by atoms with Crippen LogP contribution in [-0.4, -0.2) is 227 Å². The van der Waals surface area contributed by atoms with E-state index in [2.05, 4.69) is 27.8 Å². The number of likely N-dealkylation sites (N-methyl/N-ethyl adjacent to an activating group) is 7. The van der Waals surface area contributed by atoms with Crippen molar-refractivity contribution in [3.05, 3.63) is 24.8 Å². The monoisotopic (exact) mass is 1230 g/mol. The van der Waals surface area contributed by atoms with Gasteiger partial charge in [0.2, 0.25) is 65.0 Å². The molecule has 0 radical (unpaired) electrons. The van der Waals surface area contributed by atoms with Gasteiger partial charge >= 0.3 is 0 Å². The zero-order valence-electron chi connectivity index (χ0n) is 57.1. The molecule has 496 valence electrons. The van der Waals surface area contributed by atoms with Crippen molar-refractivity contribution in [3.8, 4) is 0 Å². The second kappa shape index (κ2) is 36.2. The highest BCUT2D eigenvalue weighted by atomic mass is 16.3. The Hall–Kier alpha value is -6.39. The molecule has 0 spiro atoms. The van der Waals surface area contributed by atoms with Crippen LogP contribution in [0.3, 0.4) is 0 Å². The summed E-state index contributed by atoms with van der Waals surface area (Å²) in [7, 11) is 9.91. The maximum Gasteiger partial charge on any atom is 0.246 e. The summed E-state index contributed by atoms with van der Waals surface area (Å²) in [5, 5.41) is 23.2. The molecule has 1 rings (SSSR count). The molecule has 5 N–H and O–H groups in total. The van der Waals surface area contributed by atoms with Crippen molar-refractivity contribution in [3.63, 3.8) is 0 Å². The number of allylic oxidation sites excluding steroid dienone is 3. The molecule has 1 unspecified atom stereocenters. The summed E-state index contributed by atoms with van der Waals surface area (Å²) >= 11 is 0. The number of nitrogens with zero attached hydrogens (tertiary/aromatic N) is 7.